The first kappa shape index (κ1) is 14.6. The van der Waals surface area contributed by atoms with Crippen LogP contribution in [0.1, 0.15) is 39.0 Å². The molecule has 124 valence electrons. The van der Waals surface area contributed by atoms with Crippen molar-refractivity contribution in [1.82, 2.24) is 19.7 Å². The SMILES string of the molecule is Cc1nn(-c2nc3ccccc3[nH]2)c2c1C(=O)C[C@H](c1cccs1)C2. The highest BCUT2D eigenvalue weighted by molar-refractivity contribution is 7.10. The lowest BCUT2D eigenvalue weighted by atomic mass is 9.85. The average Bonchev–Trinajstić information content (AvgIpc) is 3.32. The average molecular weight is 348 g/mol. The molecule has 0 spiro atoms. The van der Waals surface area contributed by atoms with Gasteiger partial charge in [-0.1, -0.05) is 18.2 Å². The first-order valence-corrected chi connectivity index (χ1v) is 9.19. The molecule has 0 unspecified atom stereocenters. The molecule has 1 aliphatic rings. The van der Waals surface area contributed by atoms with Crippen molar-refractivity contribution in [3.8, 4) is 5.95 Å². The fourth-order valence-corrected chi connectivity index (χ4v) is 4.53. The second-order valence-electron chi connectivity index (χ2n) is 6.44. The largest absolute Gasteiger partial charge is 0.322 e. The minimum atomic E-state index is 0.180. The molecule has 0 radical (unpaired) electrons. The smallest absolute Gasteiger partial charge is 0.229 e. The molecule has 0 saturated heterocycles. The van der Waals surface area contributed by atoms with Gasteiger partial charge in [0.05, 0.1) is 28.0 Å². The highest BCUT2D eigenvalue weighted by Crippen LogP contribution is 2.36. The molecule has 3 aromatic heterocycles. The lowest BCUT2D eigenvalue weighted by Gasteiger charge is -2.21. The zero-order valence-electron chi connectivity index (χ0n) is 13.7. The number of fused-ring (bicyclic) bond motifs is 2. The minimum Gasteiger partial charge on any atom is -0.322 e. The van der Waals surface area contributed by atoms with Crippen molar-refractivity contribution in [2.24, 2.45) is 0 Å². The number of H-pyrrole nitrogens is 1. The third-order valence-electron chi connectivity index (χ3n) is 4.83. The number of hydrogen-bond donors (Lipinski definition) is 1. The third kappa shape index (κ3) is 2.25. The van der Waals surface area contributed by atoms with Crippen molar-refractivity contribution in [2.45, 2.75) is 25.7 Å². The molecule has 3 heterocycles. The molecular weight excluding hydrogens is 332 g/mol. The molecule has 25 heavy (non-hydrogen) atoms. The van der Waals surface area contributed by atoms with Crippen molar-refractivity contribution in [2.75, 3.05) is 0 Å². The fraction of sp³-hybridized carbons (Fsp3) is 0.211. The van der Waals surface area contributed by atoms with Gasteiger partial charge in [0.25, 0.3) is 0 Å². The first-order chi connectivity index (χ1) is 12.2. The molecule has 4 aromatic rings. The third-order valence-corrected chi connectivity index (χ3v) is 5.86. The highest BCUT2D eigenvalue weighted by atomic mass is 32.1. The zero-order chi connectivity index (χ0) is 17.0. The Morgan fingerprint density at radius 2 is 2.08 bits per heavy atom. The molecule has 0 bridgehead atoms. The van der Waals surface area contributed by atoms with Crippen molar-refractivity contribution >= 4 is 28.2 Å². The Kier molecular flexibility index (Phi) is 3.15. The van der Waals surface area contributed by atoms with Gasteiger partial charge in [0.2, 0.25) is 5.95 Å². The Labute approximate surface area is 148 Å². The molecule has 5 nitrogen and oxygen atoms in total. The summed E-state index contributed by atoms with van der Waals surface area (Å²) in [6, 6.07) is 12.1. The summed E-state index contributed by atoms with van der Waals surface area (Å²) < 4.78 is 1.82. The lowest BCUT2D eigenvalue weighted by molar-refractivity contribution is 0.0963. The molecule has 0 saturated carbocycles. The molecule has 0 amide bonds. The molecular formula is C19H16N4OS. The summed E-state index contributed by atoms with van der Waals surface area (Å²) in [4.78, 5) is 22.0. The van der Waals surface area contributed by atoms with Crippen LogP contribution >= 0.6 is 11.3 Å². The Hall–Kier alpha value is -2.73. The monoisotopic (exact) mass is 348 g/mol. The standard InChI is InChI=1S/C19H16N4OS/c1-11-18-15(9-12(10-16(18)24)17-7-4-8-25-17)23(22-11)19-20-13-5-2-3-6-14(13)21-19/h2-8,12H,9-10H2,1H3,(H,20,21)/t12-/m1/s1. The van der Waals surface area contributed by atoms with Crippen LogP contribution in [-0.4, -0.2) is 25.5 Å². The van der Waals surface area contributed by atoms with Crippen LogP contribution in [-0.2, 0) is 6.42 Å². The van der Waals surface area contributed by atoms with Crippen LogP contribution in [0.5, 0.6) is 0 Å². The van der Waals surface area contributed by atoms with Crippen LogP contribution in [0, 0.1) is 6.92 Å². The fourth-order valence-electron chi connectivity index (χ4n) is 3.70. The van der Waals surface area contributed by atoms with E-state index in [2.05, 4.69) is 26.5 Å². The van der Waals surface area contributed by atoms with E-state index in [1.54, 1.807) is 11.3 Å². The maximum Gasteiger partial charge on any atom is 0.229 e. The highest BCUT2D eigenvalue weighted by Gasteiger charge is 2.33. The summed E-state index contributed by atoms with van der Waals surface area (Å²) in [6.45, 7) is 1.90. The van der Waals surface area contributed by atoms with Crippen LogP contribution in [0.25, 0.3) is 17.0 Å². The summed E-state index contributed by atoms with van der Waals surface area (Å²) in [7, 11) is 0. The van der Waals surface area contributed by atoms with Gasteiger partial charge in [0.15, 0.2) is 5.78 Å². The van der Waals surface area contributed by atoms with E-state index in [-0.39, 0.29) is 11.7 Å². The van der Waals surface area contributed by atoms with Crippen molar-refractivity contribution < 1.29 is 4.79 Å². The van der Waals surface area contributed by atoms with E-state index < -0.39 is 0 Å². The van der Waals surface area contributed by atoms with Crippen LogP contribution in [0.4, 0.5) is 0 Å². The van der Waals surface area contributed by atoms with Crippen LogP contribution in [0.15, 0.2) is 41.8 Å². The summed E-state index contributed by atoms with van der Waals surface area (Å²) in [5, 5.41) is 6.70. The Morgan fingerprint density at radius 1 is 1.20 bits per heavy atom. The van der Waals surface area contributed by atoms with Crippen LogP contribution in [0.3, 0.4) is 0 Å². The summed E-state index contributed by atoms with van der Waals surface area (Å²) in [6.07, 6.45) is 1.36. The van der Waals surface area contributed by atoms with E-state index in [4.69, 9.17) is 0 Å². The number of aromatic amines is 1. The number of carbonyl (C=O) groups is 1. The maximum absolute atomic E-state index is 12.7. The number of para-hydroxylation sites is 2. The number of rotatable bonds is 2. The molecule has 6 heteroatoms. The van der Waals surface area contributed by atoms with E-state index >= 15 is 0 Å². The lowest BCUT2D eigenvalue weighted by Crippen LogP contribution is -2.20. The number of aromatic nitrogens is 4. The van der Waals surface area contributed by atoms with Gasteiger partial charge < -0.3 is 4.98 Å². The molecule has 0 fully saturated rings. The predicted molar refractivity (Wildman–Crippen MR) is 97.7 cm³/mol. The summed E-state index contributed by atoms with van der Waals surface area (Å²) >= 11 is 1.71. The topological polar surface area (TPSA) is 63.6 Å². The van der Waals surface area contributed by atoms with Gasteiger partial charge in [-0.05, 0) is 36.9 Å². The van der Waals surface area contributed by atoms with Crippen LogP contribution < -0.4 is 0 Å². The van der Waals surface area contributed by atoms with Crippen molar-refractivity contribution in [3.05, 3.63) is 63.6 Å². The number of nitrogens with one attached hydrogen (secondary N) is 1. The minimum absolute atomic E-state index is 0.180. The number of ketones is 1. The van der Waals surface area contributed by atoms with E-state index in [0.29, 0.717) is 12.4 Å². The van der Waals surface area contributed by atoms with E-state index in [1.165, 1.54) is 4.88 Å². The van der Waals surface area contributed by atoms with Crippen molar-refractivity contribution in [3.63, 3.8) is 0 Å². The molecule has 0 aliphatic heterocycles. The number of Topliss-reactive ketones (excluding diaryl/α,β-unsaturated/α-hetero) is 1. The zero-order valence-corrected chi connectivity index (χ0v) is 14.5. The van der Waals surface area contributed by atoms with Gasteiger partial charge in [-0.2, -0.15) is 5.10 Å². The van der Waals surface area contributed by atoms with Crippen molar-refractivity contribution in [1.29, 1.82) is 0 Å². The number of thiophene rings is 1. The molecule has 1 aliphatic carbocycles. The summed E-state index contributed by atoms with van der Waals surface area (Å²) in [5.41, 5.74) is 4.39. The quantitative estimate of drug-likeness (QED) is 0.595. The van der Waals surface area contributed by atoms with Gasteiger partial charge in [0, 0.05) is 17.2 Å². The molecule has 1 atom stereocenters. The molecule has 1 aromatic carbocycles. The number of imidazole rings is 1. The number of aryl methyl sites for hydroxylation is 1. The number of hydrogen-bond acceptors (Lipinski definition) is 4. The molecule has 5 rings (SSSR count). The molecule has 1 N–H and O–H groups in total. The van der Waals surface area contributed by atoms with Gasteiger partial charge >= 0.3 is 0 Å². The number of benzene rings is 1. The second kappa shape index (κ2) is 5.39. The Morgan fingerprint density at radius 3 is 2.88 bits per heavy atom. The van der Waals surface area contributed by atoms with E-state index in [1.807, 2.05) is 41.9 Å². The van der Waals surface area contributed by atoms with Gasteiger partial charge in [-0.3, -0.25) is 4.79 Å². The summed E-state index contributed by atoms with van der Waals surface area (Å²) in [5.74, 6) is 1.07. The second-order valence-corrected chi connectivity index (χ2v) is 7.42. The predicted octanol–water partition coefficient (Wildman–Crippen LogP) is 4.03. The number of nitrogens with zero attached hydrogens (tertiary/aromatic N) is 3. The Balaban J connectivity index is 1.65. The maximum atomic E-state index is 12.7. The van der Waals surface area contributed by atoms with Gasteiger partial charge in [-0.25, -0.2) is 9.67 Å². The van der Waals surface area contributed by atoms with Gasteiger partial charge in [-0.15, -0.1) is 11.3 Å². The first-order valence-electron chi connectivity index (χ1n) is 8.31. The Bertz CT molecular complexity index is 1060. The van der Waals surface area contributed by atoms with E-state index in [9.17, 15) is 4.79 Å². The van der Waals surface area contributed by atoms with E-state index in [0.717, 1.165) is 34.4 Å². The van der Waals surface area contributed by atoms with Gasteiger partial charge in [0.1, 0.15) is 0 Å². The van der Waals surface area contributed by atoms with Crippen LogP contribution in [0.2, 0.25) is 0 Å². The number of carbonyl (C=O) groups excluding carboxylic acids is 1. The normalized spacial score (nSPS) is 17.2.